The van der Waals surface area contributed by atoms with E-state index in [2.05, 4.69) is 26.5 Å². The molecular formula is C26H21N3O4S. The molecule has 4 aromatic rings. The quantitative estimate of drug-likeness (QED) is 0.443. The lowest BCUT2D eigenvalue weighted by molar-refractivity contribution is -0.186. The minimum absolute atomic E-state index is 0.144. The normalized spacial score (nSPS) is 14.6. The molecule has 2 N–H and O–H groups in total. The maximum atomic E-state index is 13.4. The number of aliphatic hydroxyl groups is 1. The summed E-state index contributed by atoms with van der Waals surface area (Å²) in [4.78, 5) is 8.74. The lowest BCUT2D eigenvalue weighted by Gasteiger charge is -2.35. The number of fused-ring (bicyclic) bond motifs is 1. The summed E-state index contributed by atoms with van der Waals surface area (Å²) in [6.45, 7) is 2.20. The first-order valence-corrected chi connectivity index (χ1v) is 12.1. The Morgan fingerprint density at radius 3 is 2.56 bits per heavy atom. The summed E-state index contributed by atoms with van der Waals surface area (Å²) in [6, 6.07) is 17.7. The Kier molecular flexibility index (Phi) is 5.54. The number of aromatic nitrogens is 2. The standard InChI is InChI=1S/C26H21N3O4S/c1-18-8-11-21-6-4-14-27-24(21)25(18)34(31,32)29-22-7-3-2-5-20(22)12-9-19-10-13-23(28-15-19)26(30)16-33-17-26/h2-8,10-11,13-15,29-30H,16-17H2,1H3. The second-order valence-corrected chi connectivity index (χ2v) is 9.76. The van der Waals surface area contributed by atoms with Crippen molar-refractivity contribution in [2.45, 2.75) is 17.4 Å². The molecule has 0 unspecified atom stereocenters. The molecule has 0 atom stereocenters. The number of pyridine rings is 2. The van der Waals surface area contributed by atoms with Gasteiger partial charge in [0.15, 0.2) is 5.60 Å². The predicted octanol–water partition coefficient (Wildman–Crippen LogP) is 3.36. The highest BCUT2D eigenvalue weighted by molar-refractivity contribution is 7.93. The number of benzene rings is 2. The van der Waals surface area contributed by atoms with Gasteiger partial charge >= 0.3 is 0 Å². The Morgan fingerprint density at radius 2 is 1.82 bits per heavy atom. The van der Waals surface area contributed by atoms with E-state index in [1.165, 1.54) is 0 Å². The highest BCUT2D eigenvalue weighted by Crippen LogP contribution is 2.29. The van der Waals surface area contributed by atoms with Crippen molar-refractivity contribution in [2.24, 2.45) is 0 Å². The third-order valence-electron chi connectivity index (χ3n) is 5.63. The van der Waals surface area contributed by atoms with Crippen molar-refractivity contribution in [2.75, 3.05) is 17.9 Å². The second-order valence-electron chi connectivity index (χ2n) is 8.14. The zero-order valence-corrected chi connectivity index (χ0v) is 19.1. The van der Waals surface area contributed by atoms with E-state index in [0.717, 1.165) is 5.39 Å². The molecule has 2 aromatic carbocycles. The highest BCUT2D eigenvalue weighted by Gasteiger charge is 2.39. The third kappa shape index (κ3) is 4.13. The molecule has 1 aliphatic heterocycles. The Morgan fingerprint density at radius 1 is 1.00 bits per heavy atom. The van der Waals surface area contributed by atoms with Gasteiger partial charge in [0.25, 0.3) is 10.0 Å². The van der Waals surface area contributed by atoms with Gasteiger partial charge in [-0.1, -0.05) is 42.2 Å². The van der Waals surface area contributed by atoms with Crippen LogP contribution < -0.4 is 4.72 Å². The van der Waals surface area contributed by atoms with Gasteiger partial charge in [-0.15, -0.1) is 0 Å². The van der Waals surface area contributed by atoms with E-state index in [4.69, 9.17) is 4.74 Å². The van der Waals surface area contributed by atoms with Gasteiger partial charge in [0.05, 0.1) is 30.1 Å². The van der Waals surface area contributed by atoms with Gasteiger partial charge in [-0.2, -0.15) is 0 Å². The van der Waals surface area contributed by atoms with Crippen molar-refractivity contribution in [3.8, 4) is 11.8 Å². The zero-order valence-electron chi connectivity index (χ0n) is 18.3. The van der Waals surface area contributed by atoms with Gasteiger partial charge in [-0.3, -0.25) is 14.7 Å². The summed E-state index contributed by atoms with van der Waals surface area (Å²) >= 11 is 0. The number of anilines is 1. The van der Waals surface area contributed by atoms with Crippen LogP contribution in [-0.4, -0.2) is 36.7 Å². The first kappa shape index (κ1) is 22.0. The number of nitrogens with one attached hydrogen (secondary N) is 1. The summed E-state index contributed by atoms with van der Waals surface area (Å²) in [6.07, 6.45) is 3.16. The fraction of sp³-hybridized carbons (Fsp3) is 0.154. The molecule has 8 heteroatoms. The molecule has 7 nitrogen and oxygen atoms in total. The number of ether oxygens (including phenoxy) is 1. The van der Waals surface area contributed by atoms with E-state index >= 15 is 0 Å². The zero-order chi connectivity index (χ0) is 23.8. The van der Waals surface area contributed by atoms with Crippen molar-refractivity contribution < 1.29 is 18.3 Å². The van der Waals surface area contributed by atoms with Crippen LogP contribution in [-0.2, 0) is 20.4 Å². The van der Waals surface area contributed by atoms with Crippen LogP contribution in [0.15, 0.2) is 78.0 Å². The minimum Gasteiger partial charge on any atom is -0.379 e. The van der Waals surface area contributed by atoms with Crippen LogP contribution in [0.5, 0.6) is 0 Å². The number of hydrogen-bond donors (Lipinski definition) is 2. The van der Waals surface area contributed by atoms with Gasteiger partial charge in [0, 0.05) is 28.9 Å². The Hall–Kier alpha value is -3.77. The minimum atomic E-state index is -3.93. The Labute approximate surface area is 197 Å². The molecule has 170 valence electrons. The first-order chi connectivity index (χ1) is 16.4. The van der Waals surface area contributed by atoms with E-state index in [9.17, 15) is 13.5 Å². The highest BCUT2D eigenvalue weighted by atomic mass is 32.2. The molecule has 0 saturated carbocycles. The van der Waals surface area contributed by atoms with Crippen molar-refractivity contribution in [1.29, 1.82) is 0 Å². The van der Waals surface area contributed by atoms with Gasteiger partial charge in [0.2, 0.25) is 0 Å². The SMILES string of the molecule is Cc1ccc2cccnc2c1S(=O)(=O)Nc1ccccc1C#Cc1ccc(C2(O)COC2)nc1. The van der Waals surface area contributed by atoms with E-state index in [1.807, 2.05) is 12.1 Å². The van der Waals surface area contributed by atoms with Crippen LogP contribution in [0.25, 0.3) is 10.9 Å². The van der Waals surface area contributed by atoms with E-state index in [0.29, 0.717) is 33.6 Å². The molecule has 3 heterocycles. The summed E-state index contributed by atoms with van der Waals surface area (Å²) in [5.41, 5.74) is 2.05. The fourth-order valence-electron chi connectivity index (χ4n) is 3.76. The van der Waals surface area contributed by atoms with E-state index in [-0.39, 0.29) is 18.1 Å². The number of aryl methyl sites for hydroxylation is 1. The van der Waals surface area contributed by atoms with E-state index < -0.39 is 15.6 Å². The molecule has 1 fully saturated rings. The van der Waals surface area contributed by atoms with Crippen LogP contribution in [0.3, 0.4) is 0 Å². The summed E-state index contributed by atoms with van der Waals surface area (Å²) < 4.78 is 34.5. The Bertz CT molecular complexity index is 1550. The van der Waals surface area contributed by atoms with Crippen molar-refractivity contribution >= 4 is 26.6 Å². The van der Waals surface area contributed by atoms with Crippen molar-refractivity contribution in [3.63, 3.8) is 0 Å². The van der Waals surface area contributed by atoms with Gasteiger partial charge in [0.1, 0.15) is 4.90 Å². The number of para-hydroxylation sites is 1. The summed E-state index contributed by atoms with van der Waals surface area (Å²) in [7, 11) is -3.93. The van der Waals surface area contributed by atoms with Gasteiger partial charge in [-0.25, -0.2) is 8.42 Å². The lowest BCUT2D eigenvalue weighted by atomic mass is 9.97. The predicted molar refractivity (Wildman–Crippen MR) is 129 cm³/mol. The molecule has 0 bridgehead atoms. The molecule has 2 aromatic heterocycles. The van der Waals surface area contributed by atoms with Gasteiger partial charge in [-0.05, 0) is 42.8 Å². The van der Waals surface area contributed by atoms with Crippen molar-refractivity contribution in [3.05, 3.63) is 95.4 Å². The van der Waals surface area contributed by atoms with E-state index in [1.54, 1.807) is 67.8 Å². The molecule has 0 amide bonds. The average Bonchev–Trinajstić information content (AvgIpc) is 2.82. The smallest absolute Gasteiger partial charge is 0.264 e. The average molecular weight is 472 g/mol. The van der Waals surface area contributed by atoms with Crippen LogP contribution in [0.4, 0.5) is 5.69 Å². The summed E-state index contributed by atoms with van der Waals surface area (Å²) in [5.74, 6) is 6.03. The largest absolute Gasteiger partial charge is 0.379 e. The van der Waals surface area contributed by atoms with Crippen LogP contribution in [0, 0.1) is 18.8 Å². The molecule has 1 saturated heterocycles. The molecule has 0 aliphatic carbocycles. The van der Waals surface area contributed by atoms with Crippen LogP contribution >= 0.6 is 0 Å². The molecule has 34 heavy (non-hydrogen) atoms. The molecule has 1 aliphatic rings. The molecular weight excluding hydrogens is 450 g/mol. The molecule has 5 rings (SSSR count). The number of nitrogens with zero attached hydrogens (tertiary/aromatic N) is 2. The van der Waals surface area contributed by atoms with Gasteiger partial charge < -0.3 is 9.84 Å². The van der Waals surface area contributed by atoms with Crippen LogP contribution in [0.2, 0.25) is 0 Å². The fourth-order valence-corrected chi connectivity index (χ4v) is 5.25. The number of sulfonamides is 1. The molecule has 0 radical (unpaired) electrons. The van der Waals surface area contributed by atoms with Crippen LogP contribution in [0.1, 0.15) is 22.4 Å². The monoisotopic (exact) mass is 471 g/mol. The number of hydrogen-bond acceptors (Lipinski definition) is 6. The first-order valence-electron chi connectivity index (χ1n) is 10.6. The lowest BCUT2D eigenvalue weighted by Crippen LogP contribution is -2.47. The Balaban J connectivity index is 1.45. The number of rotatable bonds is 4. The topological polar surface area (TPSA) is 101 Å². The molecule has 0 spiro atoms. The maximum Gasteiger partial charge on any atom is 0.264 e. The van der Waals surface area contributed by atoms with Crippen molar-refractivity contribution in [1.82, 2.24) is 9.97 Å². The summed E-state index contributed by atoms with van der Waals surface area (Å²) in [5, 5.41) is 11.1. The maximum absolute atomic E-state index is 13.4. The third-order valence-corrected chi connectivity index (χ3v) is 7.17. The second kappa shape index (κ2) is 8.54.